The van der Waals surface area contributed by atoms with Gasteiger partial charge in [0.25, 0.3) is 5.91 Å². The van der Waals surface area contributed by atoms with Gasteiger partial charge in [0.1, 0.15) is 5.69 Å². The second-order valence-corrected chi connectivity index (χ2v) is 8.14. The molecule has 1 unspecified atom stereocenters. The van der Waals surface area contributed by atoms with Crippen LogP contribution in [-0.2, 0) is 11.0 Å². The number of nitrogens with zero attached hydrogens (tertiary/aromatic N) is 2. The summed E-state index contributed by atoms with van der Waals surface area (Å²) in [7, 11) is 0. The summed E-state index contributed by atoms with van der Waals surface area (Å²) in [4.78, 5) is 35.8. The number of hydrogen-bond donors (Lipinski definition) is 3. The van der Waals surface area contributed by atoms with E-state index in [1.807, 2.05) is 0 Å². The zero-order valence-electron chi connectivity index (χ0n) is 17.2. The molecule has 2 amide bonds. The summed E-state index contributed by atoms with van der Waals surface area (Å²) >= 11 is 1.31. The van der Waals surface area contributed by atoms with Crippen molar-refractivity contribution in [1.82, 2.24) is 15.0 Å². The summed E-state index contributed by atoms with van der Waals surface area (Å²) in [5.41, 5.74) is 3.23. The standard InChI is InChI=1S/C22H18F3N5O2S/c1-12(13-3-2-4-14(8-13)22(23,24)25)7-19(31)30-21-28-16-6-5-15(9-17(16)29-21)27-20(32)18-10-33-11-26-18/h2-6,8-12H,7H2,1H3,(H,27,32)(H2,28,29,30,31). The van der Waals surface area contributed by atoms with Gasteiger partial charge < -0.3 is 10.3 Å². The maximum atomic E-state index is 12.9. The van der Waals surface area contributed by atoms with Gasteiger partial charge in [-0.3, -0.25) is 14.9 Å². The van der Waals surface area contributed by atoms with Crippen LogP contribution in [0.4, 0.5) is 24.8 Å². The SMILES string of the molecule is CC(CC(=O)Nc1nc2cc(NC(=O)c3cscn3)ccc2[nH]1)c1cccc(C(F)(F)F)c1. The molecule has 0 fully saturated rings. The molecule has 0 radical (unpaired) electrons. The molecule has 11 heteroatoms. The highest BCUT2D eigenvalue weighted by Crippen LogP contribution is 2.32. The fourth-order valence-electron chi connectivity index (χ4n) is 3.26. The largest absolute Gasteiger partial charge is 0.416 e. The fourth-order valence-corrected chi connectivity index (χ4v) is 3.80. The average Bonchev–Trinajstić information content (AvgIpc) is 3.42. The Morgan fingerprint density at radius 3 is 2.70 bits per heavy atom. The van der Waals surface area contributed by atoms with Crippen LogP contribution in [0.15, 0.2) is 53.4 Å². The number of imidazole rings is 1. The van der Waals surface area contributed by atoms with E-state index in [4.69, 9.17) is 0 Å². The van der Waals surface area contributed by atoms with Gasteiger partial charge in [0.05, 0.1) is 22.1 Å². The Hall–Kier alpha value is -3.73. The van der Waals surface area contributed by atoms with Crippen LogP contribution < -0.4 is 10.6 Å². The molecular formula is C22H18F3N5O2S. The van der Waals surface area contributed by atoms with E-state index in [0.717, 1.165) is 12.1 Å². The zero-order chi connectivity index (χ0) is 23.6. The molecule has 0 saturated carbocycles. The normalized spacial score (nSPS) is 12.5. The second kappa shape index (κ2) is 9.02. The van der Waals surface area contributed by atoms with Crippen molar-refractivity contribution in [2.24, 2.45) is 0 Å². The molecular weight excluding hydrogens is 455 g/mol. The highest BCUT2D eigenvalue weighted by Gasteiger charge is 2.30. The van der Waals surface area contributed by atoms with Crippen molar-refractivity contribution >= 4 is 45.8 Å². The molecule has 7 nitrogen and oxygen atoms in total. The van der Waals surface area contributed by atoms with Crippen LogP contribution >= 0.6 is 11.3 Å². The third-order valence-electron chi connectivity index (χ3n) is 4.94. The molecule has 0 spiro atoms. The number of carbonyl (C=O) groups is 2. The number of aromatic amines is 1. The molecule has 0 saturated heterocycles. The Morgan fingerprint density at radius 2 is 1.97 bits per heavy atom. The zero-order valence-corrected chi connectivity index (χ0v) is 18.1. The molecule has 4 aromatic rings. The van der Waals surface area contributed by atoms with E-state index in [2.05, 4.69) is 25.6 Å². The van der Waals surface area contributed by atoms with Crippen molar-refractivity contribution < 1.29 is 22.8 Å². The Labute approximate surface area is 190 Å². The predicted octanol–water partition coefficient (Wildman–Crippen LogP) is 5.42. The molecule has 170 valence electrons. The van der Waals surface area contributed by atoms with Crippen molar-refractivity contribution in [3.05, 3.63) is 70.2 Å². The smallest absolute Gasteiger partial charge is 0.324 e. The number of thiazole rings is 1. The topological polar surface area (TPSA) is 99.8 Å². The van der Waals surface area contributed by atoms with Crippen molar-refractivity contribution in [2.45, 2.75) is 25.4 Å². The minimum absolute atomic E-state index is 0.0205. The average molecular weight is 473 g/mol. The first-order chi connectivity index (χ1) is 15.7. The molecule has 3 N–H and O–H groups in total. The van der Waals surface area contributed by atoms with Crippen molar-refractivity contribution in [2.75, 3.05) is 10.6 Å². The van der Waals surface area contributed by atoms with E-state index in [0.29, 0.717) is 28.0 Å². The van der Waals surface area contributed by atoms with Gasteiger partial charge in [-0.25, -0.2) is 9.97 Å². The number of rotatable bonds is 6. The number of H-pyrrole nitrogens is 1. The number of aromatic nitrogens is 3. The van der Waals surface area contributed by atoms with Gasteiger partial charge in [-0.2, -0.15) is 13.2 Å². The van der Waals surface area contributed by atoms with E-state index in [1.54, 1.807) is 42.1 Å². The van der Waals surface area contributed by atoms with Gasteiger partial charge in [-0.15, -0.1) is 11.3 Å². The number of halogens is 3. The minimum atomic E-state index is -4.44. The van der Waals surface area contributed by atoms with Gasteiger partial charge in [-0.05, 0) is 35.7 Å². The summed E-state index contributed by atoms with van der Waals surface area (Å²) in [6.45, 7) is 1.69. The predicted molar refractivity (Wildman–Crippen MR) is 119 cm³/mol. The van der Waals surface area contributed by atoms with Crippen molar-refractivity contribution in [1.29, 1.82) is 0 Å². The van der Waals surface area contributed by atoms with Crippen LogP contribution in [0.3, 0.4) is 0 Å². The van der Waals surface area contributed by atoms with Crippen molar-refractivity contribution in [3.8, 4) is 0 Å². The first-order valence-electron chi connectivity index (χ1n) is 9.85. The maximum absolute atomic E-state index is 12.9. The van der Waals surface area contributed by atoms with Gasteiger partial charge in [-0.1, -0.05) is 25.1 Å². The number of benzene rings is 2. The summed E-state index contributed by atoms with van der Waals surface area (Å²) < 4.78 is 38.8. The molecule has 0 bridgehead atoms. The number of nitrogens with one attached hydrogen (secondary N) is 3. The summed E-state index contributed by atoms with van der Waals surface area (Å²) in [5, 5.41) is 7.00. The Kier molecular flexibility index (Phi) is 6.14. The first kappa shape index (κ1) is 22.5. The van der Waals surface area contributed by atoms with Crippen LogP contribution in [0.1, 0.15) is 40.9 Å². The molecule has 2 aromatic heterocycles. The highest BCUT2D eigenvalue weighted by atomic mass is 32.1. The molecule has 4 rings (SSSR count). The molecule has 2 heterocycles. The number of fused-ring (bicyclic) bond motifs is 1. The highest BCUT2D eigenvalue weighted by molar-refractivity contribution is 7.07. The third kappa shape index (κ3) is 5.37. The van der Waals surface area contributed by atoms with E-state index < -0.39 is 23.6 Å². The summed E-state index contributed by atoms with van der Waals surface area (Å²) in [6.07, 6.45) is -4.46. The van der Waals surface area contributed by atoms with E-state index >= 15 is 0 Å². The maximum Gasteiger partial charge on any atom is 0.416 e. The Bertz CT molecular complexity index is 1300. The van der Waals surface area contributed by atoms with Crippen LogP contribution in [0.25, 0.3) is 11.0 Å². The number of amides is 2. The van der Waals surface area contributed by atoms with Crippen LogP contribution in [0.5, 0.6) is 0 Å². The van der Waals surface area contributed by atoms with E-state index in [1.165, 1.54) is 17.4 Å². The quantitative estimate of drug-likeness (QED) is 0.348. The third-order valence-corrected chi connectivity index (χ3v) is 5.52. The lowest BCUT2D eigenvalue weighted by Gasteiger charge is -2.14. The lowest BCUT2D eigenvalue weighted by Crippen LogP contribution is -2.15. The Balaban J connectivity index is 1.41. The van der Waals surface area contributed by atoms with Crippen LogP contribution in [-0.4, -0.2) is 26.8 Å². The molecule has 0 aliphatic rings. The van der Waals surface area contributed by atoms with E-state index in [9.17, 15) is 22.8 Å². The second-order valence-electron chi connectivity index (χ2n) is 7.42. The monoisotopic (exact) mass is 473 g/mol. The molecule has 0 aliphatic carbocycles. The fraction of sp³-hybridized carbons (Fsp3) is 0.182. The van der Waals surface area contributed by atoms with Gasteiger partial charge >= 0.3 is 6.18 Å². The summed E-state index contributed by atoms with van der Waals surface area (Å²) in [6, 6.07) is 9.99. The molecule has 33 heavy (non-hydrogen) atoms. The lowest BCUT2D eigenvalue weighted by molar-refractivity contribution is -0.137. The van der Waals surface area contributed by atoms with Gasteiger partial charge in [0.2, 0.25) is 11.9 Å². The number of hydrogen-bond acceptors (Lipinski definition) is 5. The van der Waals surface area contributed by atoms with Crippen molar-refractivity contribution in [3.63, 3.8) is 0 Å². The lowest BCUT2D eigenvalue weighted by atomic mass is 9.95. The molecule has 1 atom stereocenters. The van der Waals surface area contributed by atoms with Crippen LogP contribution in [0, 0.1) is 0 Å². The number of alkyl halides is 3. The molecule has 2 aromatic carbocycles. The van der Waals surface area contributed by atoms with E-state index in [-0.39, 0.29) is 18.3 Å². The first-order valence-corrected chi connectivity index (χ1v) is 10.8. The van der Waals surface area contributed by atoms with Crippen LogP contribution in [0.2, 0.25) is 0 Å². The number of anilines is 2. The molecule has 0 aliphatic heterocycles. The minimum Gasteiger partial charge on any atom is -0.324 e. The van der Waals surface area contributed by atoms with Gasteiger partial charge in [0.15, 0.2) is 0 Å². The Morgan fingerprint density at radius 1 is 1.15 bits per heavy atom. The van der Waals surface area contributed by atoms with Gasteiger partial charge in [0, 0.05) is 17.5 Å². The summed E-state index contributed by atoms with van der Waals surface area (Å²) in [5.74, 6) is -0.960. The number of carbonyl (C=O) groups excluding carboxylic acids is 2.